The summed E-state index contributed by atoms with van der Waals surface area (Å²) >= 11 is 8.19. The summed E-state index contributed by atoms with van der Waals surface area (Å²) in [6, 6.07) is 0. The van der Waals surface area contributed by atoms with Gasteiger partial charge in [-0.3, -0.25) is 0 Å². The molecule has 0 unspecified atom stereocenters. The first-order valence-corrected chi connectivity index (χ1v) is 24.6. The van der Waals surface area contributed by atoms with E-state index in [-0.39, 0.29) is 0 Å². The van der Waals surface area contributed by atoms with Crippen LogP contribution >= 0.6 is 55.8 Å². The third-order valence-electron chi connectivity index (χ3n) is 0.0278. The summed E-state index contributed by atoms with van der Waals surface area (Å²) in [4.78, 5) is 0. The zero-order valence-corrected chi connectivity index (χ0v) is 26.2. The van der Waals surface area contributed by atoms with Crippen LogP contribution in [0.4, 0.5) is 0 Å². The van der Waals surface area contributed by atoms with Crippen molar-refractivity contribution in [2.24, 2.45) is 0 Å². The van der Waals surface area contributed by atoms with E-state index in [2.05, 4.69) is 38.8 Å². The van der Waals surface area contributed by atoms with Gasteiger partial charge in [0.25, 0.3) is 0 Å². The molecule has 0 aliphatic heterocycles. The van der Waals surface area contributed by atoms with Crippen molar-refractivity contribution in [3.63, 3.8) is 0 Å². The Morgan fingerprint density at radius 1 is 0.750 bits per heavy atom. The van der Waals surface area contributed by atoms with E-state index >= 15 is 0 Å². The van der Waals surface area contributed by atoms with Crippen molar-refractivity contribution >= 4 is 97.0 Å². The van der Waals surface area contributed by atoms with E-state index < -0.39 is 0 Å². The molecule has 0 amide bonds. The Morgan fingerprint density at radius 2 is 0.833 bits per heavy atom. The van der Waals surface area contributed by atoms with Gasteiger partial charge in [0.1, 0.15) is 0 Å². The molecule has 0 aromatic heterocycles. The van der Waals surface area contributed by atoms with Gasteiger partial charge < -0.3 is 0 Å². The minimum absolute atomic E-state index is 0.958. The fourth-order valence-corrected chi connectivity index (χ4v) is 0. The zero-order valence-electron chi connectivity index (χ0n) is 5.68. The molecule has 60 valence electrons. The number of hydrogen-bond donors (Lipinski definition) is 0. The van der Waals surface area contributed by atoms with E-state index in [1.807, 2.05) is 37.1 Å². The topological polar surface area (TPSA) is 0 Å². The predicted octanol–water partition coefficient (Wildman–Crippen LogP) is 3.12. The Hall–Kier alpha value is 5.80. The maximum atomic E-state index is 4.21. The molecule has 0 rings (SSSR count). The Kier molecular flexibility index (Phi) is 176. The van der Waals surface area contributed by atoms with Crippen LogP contribution in [-0.4, -0.2) is 41.2 Å². The molecule has 12 heteroatoms. The fraction of sp³-hybridized carbons (Fsp3) is 0. The van der Waals surface area contributed by atoms with Gasteiger partial charge in [-0.05, 0) is 0 Å². The van der Waals surface area contributed by atoms with E-state index in [4.69, 9.17) is 0 Å². The van der Waals surface area contributed by atoms with E-state index in [0.29, 0.717) is 0 Å². The fourth-order valence-electron chi connectivity index (χ4n) is 0. The molecule has 0 bridgehead atoms. The molecular weight excluding hydrogens is 752 g/mol. The molecule has 0 N–H and O–H groups in total. The van der Waals surface area contributed by atoms with Crippen molar-refractivity contribution in [1.29, 1.82) is 0 Å². The second-order valence-corrected chi connectivity index (χ2v) is 7.25. The SMILES string of the molecule is [Mo][S][S][Mo].[S]=[Sn].[S]=[Sn].[S]=[Zn].[S]=[Zn]. The quantitative estimate of drug-likeness (QED) is 0.297. The van der Waals surface area contributed by atoms with E-state index in [1.165, 1.54) is 0 Å². The Morgan fingerprint density at radius 3 is 0.833 bits per heavy atom. The molecule has 0 aromatic carbocycles. The zero-order chi connectivity index (χ0) is 11.4. The number of rotatable bonds is 1. The second kappa shape index (κ2) is 68.9. The standard InChI is InChI=1S/2Mo.S2.4S.2Sn.2Zn/c;;1-2;;;;;;;;/q2*+1;-2;;;;;;;;. The van der Waals surface area contributed by atoms with Gasteiger partial charge >= 0.3 is 167 Å². The second-order valence-electron chi connectivity index (χ2n) is 0.136. The van der Waals surface area contributed by atoms with Crippen molar-refractivity contribution in [3.8, 4) is 0 Å². The van der Waals surface area contributed by atoms with E-state index in [1.54, 1.807) is 17.0 Å². The number of hydrogen-bond acceptors (Lipinski definition) is 6. The molecule has 4 radical (unpaired) electrons. The van der Waals surface area contributed by atoms with Crippen molar-refractivity contribution in [1.82, 2.24) is 0 Å². The van der Waals surface area contributed by atoms with Crippen LogP contribution in [-0.2, 0) is 70.2 Å². The van der Waals surface area contributed by atoms with Crippen molar-refractivity contribution in [2.45, 2.75) is 0 Å². The maximum absolute atomic E-state index is 4.21. The molecule has 0 aliphatic rings. The first kappa shape index (κ1) is 30.7. The van der Waals surface area contributed by atoms with Gasteiger partial charge in [-0.15, -0.1) is 0 Å². The summed E-state index contributed by atoms with van der Waals surface area (Å²) in [7, 11) is 20.3. The third kappa shape index (κ3) is 74.8. The van der Waals surface area contributed by atoms with Gasteiger partial charge in [-0.25, -0.2) is 0 Å². The van der Waals surface area contributed by atoms with Crippen LogP contribution < -0.4 is 0 Å². The summed E-state index contributed by atoms with van der Waals surface area (Å²) in [6.45, 7) is 0. The predicted molar refractivity (Wildman–Crippen MR) is 57.1 cm³/mol. The van der Waals surface area contributed by atoms with Crippen LogP contribution in [0.15, 0.2) is 0 Å². The first-order valence-electron chi connectivity index (χ1n) is 1.49. The molecule has 0 aliphatic carbocycles. The van der Waals surface area contributed by atoms with Crippen LogP contribution in [0.3, 0.4) is 0 Å². The van der Waals surface area contributed by atoms with Crippen LogP contribution in [0.25, 0.3) is 0 Å². The monoisotopic (exact) mass is 755 g/mol. The van der Waals surface area contributed by atoms with Crippen LogP contribution in [0.5, 0.6) is 0 Å². The first-order chi connectivity index (χ1) is 5.91. The summed E-state index contributed by atoms with van der Waals surface area (Å²) in [5.74, 6) is 0. The Labute approximate surface area is 163 Å². The molecule has 0 nitrogen and oxygen atoms in total. The average molecular weight is 752 g/mol. The van der Waals surface area contributed by atoms with Crippen LogP contribution in [0, 0.1) is 0 Å². The Balaban J connectivity index is -0.0000000181. The van der Waals surface area contributed by atoms with Gasteiger partial charge in [0.15, 0.2) is 0 Å². The third-order valence-corrected chi connectivity index (χ3v) is 8.75. The molecule has 0 heterocycles. The molecular formula is Mo2S6Sn2Zn2. The van der Waals surface area contributed by atoms with E-state index in [9.17, 15) is 0 Å². The summed E-state index contributed by atoms with van der Waals surface area (Å²) in [6.07, 6.45) is 0. The van der Waals surface area contributed by atoms with Crippen molar-refractivity contribution < 1.29 is 70.2 Å². The van der Waals surface area contributed by atoms with Gasteiger partial charge in [0.05, 0.1) is 0 Å². The van der Waals surface area contributed by atoms with Gasteiger partial charge in [0, 0.05) is 0 Å². The molecule has 0 aromatic rings. The normalized spacial score (nSPS) is 4.00. The molecule has 0 spiro atoms. The summed E-state index contributed by atoms with van der Waals surface area (Å²) in [5.41, 5.74) is 0. The molecule has 0 saturated heterocycles. The molecule has 0 saturated carbocycles. The molecule has 12 heavy (non-hydrogen) atoms. The van der Waals surface area contributed by atoms with Gasteiger partial charge in [-0.1, -0.05) is 0 Å². The van der Waals surface area contributed by atoms with Crippen LogP contribution in [0.1, 0.15) is 0 Å². The summed E-state index contributed by atoms with van der Waals surface area (Å²) in [5, 5.41) is 0. The van der Waals surface area contributed by atoms with Crippen LogP contribution in [0.2, 0.25) is 0 Å². The van der Waals surface area contributed by atoms with Gasteiger partial charge in [-0.2, -0.15) is 0 Å². The molecule has 0 atom stereocenters. The minimum atomic E-state index is 0.958. The van der Waals surface area contributed by atoms with Gasteiger partial charge in [0.2, 0.25) is 0 Å². The molecule has 0 fully saturated rings. The van der Waals surface area contributed by atoms with Crippen molar-refractivity contribution in [3.05, 3.63) is 0 Å². The van der Waals surface area contributed by atoms with E-state index in [0.717, 1.165) is 74.3 Å². The summed E-state index contributed by atoms with van der Waals surface area (Å²) < 4.78 is 0. The Bertz CT molecular complexity index is 42.5. The average Bonchev–Trinajstić information content (AvgIpc) is 2.29. The van der Waals surface area contributed by atoms with Crippen molar-refractivity contribution in [2.75, 3.05) is 0 Å².